The third-order valence-corrected chi connectivity index (χ3v) is 7.49. The van der Waals surface area contributed by atoms with Crippen LogP contribution in [0.3, 0.4) is 0 Å². The lowest BCUT2D eigenvalue weighted by Crippen LogP contribution is -2.59. The lowest BCUT2D eigenvalue weighted by atomic mass is 9.88. The number of Topliss-reactive ketones (excluding diaryl/α,β-unsaturated/α-hetero) is 1. The Labute approximate surface area is 212 Å². The smallest absolute Gasteiger partial charge is 0.316 e. The minimum atomic E-state index is -1.45. The number of hydrogen-bond acceptors (Lipinski definition) is 7. The van der Waals surface area contributed by atoms with Crippen molar-refractivity contribution in [1.82, 2.24) is 4.90 Å². The average molecular weight is 515 g/mol. The van der Waals surface area contributed by atoms with Gasteiger partial charge in [-0.05, 0) is 38.8 Å². The number of carbonyl (C=O) groups is 3. The van der Waals surface area contributed by atoms with Crippen LogP contribution in [0.25, 0.3) is 0 Å². The van der Waals surface area contributed by atoms with Gasteiger partial charge in [-0.25, -0.2) is 8.78 Å². The SMILES string of the molecule is C[C@@H]1CN(c2c(F)c(N)c3c(c2F)N(C2CC2)CC(C(=O)O)C3=O)C[C@H](C)N1C(=O)c1ccccc1O. The third kappa shape index (κ3) is 3.93. The maximum atomic E-state index is 16.2. The first-order chi connectivity index (χ1) is 17.5. The van der Waals surface area contributed by atoms with E-state index in [0.29, 0.717) is 12.8 Å². The van der Waals surface area contributed by atoms with Gasteiger partial charge in [0.2, 0.25) is 0 Å². The summed E-state index contributed by atoms with van der Waals surface area (Å²) in [5, 5.41) is 19.7. The number of aliphatic carboxylic acids is 1. The molecule has 0 aromatic heterocycles. The van der Waals surface area contributed by atoms with E-state index in [2.05, 4.69) is 0 Å². The Balaban J connectivity index is 1.53. The molecule has 2 fully saturated rings. The van der Waals surface area contributed by atoms with Gasteiger partial charge in [0.05, 0.1) is 22.5 Å². The number of nitrogen functional groups attached to an aromatic ring is 1. The number of anilines is 3. The summed E-state index contributed by atoms with van der Waals surface area (Å²) >= 11 is 0. The van der Waals surface area contributed by atoms with Gasteiger partial charge in [-0.15, -0.1) is 0 Å². The number of nitrogens with two attached hydrogens (primary N) is 1. The molecule has 0 bridgehead atoms. The Bertz CT molecular complexity index is 1300. The number of rotatable bonds is 4. The van der Waals surface area contributed by atoms with Crippen LogP contribution in [0.15, 0.2) is 24.3 Å². The van der Waals surface area contributed by atoms with Crippen molar-refractivity contribution in [2.75, 3.05) is 35.2 Å². The summed E-state index contributed by atoms with van der Waals surface area (Å²) in [5.74, 6) is -6.34. The number of halogens is 2. The molecule has 2 aromatic carbocycles. The van der Waals surface area contributed by atoms with E-state index in [1.54, 1.807) is 30.9 Å². The second kappa shape index (κ2) is 8.89. The summed E-state index contributed by atoms with van der Waals surface area (Å²) in [5.41, 5.74) is 4.66. The number of carboxylic acid groups (broad SMARTS) is 1. The van der Waals surface area contributed by atoms with Crippen molar-refractivity contribution in [3.8, 4) is 5.75 Å². The van der Waals surface area contributed by atoms with Gasteiger partial charge in [-0.3, -0.25) is 14.4 Å². The van der Waals surface area contributed by atoms with E-state index in [0.717, 1.165) is 0 Å². The number of piperazine rings is 1. The Morgan fingerprint density at radius 2 is 1.62 bits per heavy atom. The number of aromatic hydroxyl groups is 1. The molecule has 1 saturated heterocycles. The molecule has 5 rings (SSSR count). The summed E-state index contributed by atoms with van der Waals surface area (Å²) in [7, 11) is 0. The summed E-state index contributed by atoms with van der Waals surface area (Å²) < 4.78 is 31.8. The molecule has 0 spiro atoms. The topological polar surface area (TPSA) is 127 Å². The van der Waals surface area contributed by atoms with Crippen LogP contribution < -0.4 is 15.5 Å². The number of ketones is 1. The highest BCUT2D eigenvalue weighted by molar-refractivity contribution is 6.17. The number of amides is 1. The first-order valence-corrected chi connectivity index (χ1v) is 12.2. The predicted octanol–water partition coefficient (Wildman–Crippen LogP) is 2.86. The van der Waals surface area contributed by atoms with Gasteiger partial charge in [-0.2, -0.15) is 0 Å². The van der Waals surface area contributed by atoms with E-state index in [4.69, 9.17) is 5.73 Å². The molecule has 3 atom stereocenters. The second-order valence-corrected chi connectivity index (χ2v) is 10.1. The van der Waals surface area contributed by atoms with Crippen LogP contribution in [0.2, 0.25) is 0 Å². The molecule has 2 heterocycles. The van der Waals surface area contributed by atoms with Crippen molar-refractivity contribution in [3.63, 3.8) is 0 Å². The number of phenols is 1. The minimum absolute atomic E-state index is 0.0743. The molecule has 4 N–H and O–H groups in total. The number of nitrogens with zero attached hydrogens (tertiary/aromatic N) is 3. The van der Waals surface area contributed by atoms with E-state index in [1.165, 1.54) is 21.9 Å². The number of benzene rings is 2. The fourth-order valence-corrected chi connectivity index (χ4v) is 5.63. The third-order valence-electron chi connectivity index (χ3n) is 7.49. The molecule has 1 amide bonds. The fourth-order valence-electron chi connectivity index (χ4n) is 5.63. The molecule has 9 nitrogen and oxygen atoms in total. The molecule has 1 unspecified atom stereocenters. The van der Waals surface area contributed by atoms with Crippen LogP contribution in [0.4, 0.5) is 25.8 Å². The lowest BCUT2D eigenvalue weighted by molar-refractivity contribution is -0.139. The van der Waals surface area contributed by atoms with Gasteiger partial charge in [-0.1, -0.05) is 12.1 Å². The van der Waals surface area contributed by atoms with Crippen molar-refractivity contribution in [2.24, 2.45) is 5.92 Å². The van der Waals surface area contributed by atoms with E-state index >= 15 is 8.78 Å². The second-order valence-electron chi connectivity index (χ2n) is 10.1. The van der Waals surface area contributed by atoms with Crippen LogP contribution in [-0.2, 0) is 4.79 Å². The van der Waals surface area contributed by atoms with Gasteiger partial charge in [0, 0.05) is 37.8 Å². The lowest BCUT2D eigenvalue weighted by Gasteiger charge is -2.46. The Kier molecular flexibility index (Phi) is 5.96. The van der Waals surface area contributed by atoms with Gasteiger partial charge in [0.15, 0.2) is 17.4 Å². The highest BCUT2D eigenvalue weighted by Gasteiger charge is 2.47. The Hall–Kier alpha value is -3.89. The zero-order chi connectivity index (χ0) is 26.8. The molecule has 37 heavy (non-hydrogen) atoms. The van der Waals surface area contributed by atoms with Crippen molar-refractivity contribution in [3.05, 3.63) is 47.0 Å². The molecular formula is C26H28F2N4O5. The van der Waals surface area contributed by atoms with Crippen molar-refractivity contribution >= 4 is 34.7 Å². The predicted molar refractivity (Wildman–Crippen MR) is 132 cm³/mol. The molecule has 1 saturated carbocycles. The van der Waals surface area contributed by atoms with Crippen LogP contribution in [0, 0.1) is 17.6 Å². The van der Waals surface area contributed by atoms with Crippen molar-refractivity contribution in [2.45, 2.75) is 44.8 Å². The molecule has 2 aliphatic heterocycles. The molecule has 11 heteroatoms. The Morgan fingerprint density at radius 3 is 2.19 bits per heavy atom. The highest BCUT2D eigenvalue weighted by Crippen LogP contribution is 2.47. The largest absolute Gasteiger partial charge is 0.507 e. The van der Waals surface area contributed by atoms with Crippen LogP contribution in [0.1, 0.15) is 47.4 Å². The van der Waals surface area contributed by atoms with E-state index < -0.39 is 64.2 Å². The molecular weight excluding hydrogens is 486 g/mol. The van der Waals surface area contributed by atoms with E-state index in [-0.39, 0.29) is 42.7 Å². The number of para-hydroxylation sites is 1. The standard InChI is InChI=1S/C26H28F2N4O5/c1-12-9-30(10-13(2)32(12)25(35)15-5-3-4-6-17(15)33)23-19(27)21(29)18-22(20(23)28)31(14-7-8-14)11-16(24(18)34)26(36)37/h3-6,12-14,16,33H,7-11,29H2,1-2H3,(H,36,37)/t12-,13+,16?. The van der Waals surface area contributed by atoms with Crippen LogP contribution >= 0.6 is 0 Å². The molecule has 3 aliphatic rings. The van der Waals surface area contributed by atoms with Crippen LogP contribution in [-0.4, -0.2) is 70.5 Å². The zero-order valence-electron chi connectivity index (χ0n) is 20.4. The summed E-state index contributed by atoms with van der Waals surface area (Å²) in [6.45, 7) is 3.43. The van der Waals surface area contributed by atoms with Gasteiger partial charge in [0.25, 0.3) is 5.91 Å². The Morgan fingerprint density at radius 1 is 1.00 bits per heavy atom. The fraction of sp³-hybridized carbons (Fsp3) is 0.423. The number of fused-ring (bicyclic) bond motifs is 1. The normalized spacial score (nSPS) is 23.7. The van der Waals surface area contributed by atoms with Gasteiger partial charge in [0.1, 0.15) is 17.4 Å². The summed E-state index contributed by atoms with van der Waals surface area (Å²) in [4.78, 5) is 42.4. The van der Waals surface area contributed by atoms with E-state index in [9.17, 15) is 24.6 Å². The number of carboxylic acids is 1. The summed E-state index contributed by atoms with van der Waals surface area (Å²) in [6.07, 6.45) is 1.40. The number of carbonyl (C=O) groups excluding carboxylic acids is 2. The quantitative estimate of drug-likeness (QED) is 0.420. The van der Waals surface area contributed by atoms with Crippen molar-refractivity contribution in [1.29, 1.82) is 0 Å². The first kappa shape index (κ1) is 24.8. The average Bonchev–Trinajstić information content (AvgIpc) is 3.67. The van der Waals surface area contributed by atoms with E-state index in [1.807, 2.05) is 0 Å². The van der Waals surface area contributed by atoms with Gasteiger partial charge < -0.3 is 30.6 Å². The van der Waals surface area contributed by atoms with Gasteiger partial charge >= 0.3 is 5.97 Å². The van der Waals surface area contributed by atoms with Crippen LogP contribution in [0.5, 0.6) is 5.75 Å². The number of hydrogen-bond donors (Lipinski definition) is 3. The number of phenolic OH excluding ortho intramolecular Hbond substituents is 1. The minimum Gasteiger partial charge on any atom is -0.507 e. The highest BCUT2D eigenvalue weighted by atomic mass is 19.1. The molecule has 196 valence electrons. The molecule has 2 aromatic rings. The monoisotopic (exact) mass is 514 g/mol. The summed E-state index contributed by atoms with van der Waals surface area (Å²) in [6, 6.07) is 5.07. The van der Waals surface area contributed by atoms with Crippen molar-refractivity contribution < 1.29 is 33.4 Å². The zero-order valence-corrected chi connectivity index (χ0v) is 20.4. The molecule has 1 aliphatic carbocycles. The molecule has 0 radical (unpaired) electrons. The maximum absolute atomic E-state index is 16.2. The first-order valence-electron chi connectivity index (χ1n) is 12.2. The maximum Gasteiger partial charge on any atom is 0.316 e.